The summed E-state index contributed by atoms with van der Waals surface area (Å²) in [6.07, 6.45) is 0. The Bertz CT molecular complexity index is 1570. The van der Waals surface area contributed by atoms with Crippen molar-refractivity contribution in [3.05, 3.63) is 102 Å². The molecule has 3 aromatic carbocycles. The van der Waals surface area contributed by atoms with Crippen molar-refractivity contribution < 1.29 is 19.1 Å². The highest BCUT2D eigenvalue weighted by atomic mass is 32.1. The van der Waals surface area contributed by atoms with Gasteiger partial charge in [-0.05, 0) is 61.5 Å². The van der Waals surface area contributed by atoms with Gasteiger partial charge >= 0.3 is 5.97 Å². The smallest absolute Gasteiger partial charge is 0.337 e. The quantitative estimate of drug-likeness (QED) is 0.179. The number of furan rings is 1. The third-order valence-electron chi connectivity index (χ3n) is 5.39. The number of thiazole rings is 1. The van der Waals surface area contributed by atoms with E-state index in [1.165, 1.54) is 17.4 Å². The number of fused-ring (bicyclic) bond motifs is 1. The summed E-state index contributed by atoms with van der Waals surface area (Å²) in [5, 5.41) is 17.4. The molecule has 36 heavy (non-hydrogen) atoms. The van der Waals surface area contributed by atoms with Crippen LogP contribution in [0.5, 0.6) is 0 Å². The van der Waals surface area contributed by atoms with Gasteiger partial charge in [0, 0.05) is 11.1 Å². The number of benzene rings is 3. The molecule has 0 aliphatic rings. The minimum Gasteiger partial charge on any atom is -0.478 e. The van der Waals surface area contributed by atoms with Crippen LogP contribution >= 0.6 is 11.3 Å². The summed E-state index contributed by atoms with van der Waals surface area (Å²) in [5.74, 6) is -0.553. The molecular weight excluding hydrogens is 476 g/mol. The fourth-order valence-electron chi connectivity index (χ4n) is 3.56. The van der Waals surface area contributed by atoms with E-state index >= 15 is 0 Å². The van der Waals surface area contributed by atoms with E-state index < -0.39 is 11.9 Å². The number of amides is 1. The molecule has 0 unspecified atom stereocenters. The normalized spacial score (nSPS) is 11.4. The Kier molecular flexibility index (Phi) is 6.29. The number of anilines is 2. The lowest BCUT2D eigenvalue weighted by Crippen LogP contribution is -2.14. The largest absolute Gasteiger partial charge is 0.478 e. The predicted octanol–water partition coefficient (Wildman–Crippen LogP) is 6.34. The minimum atomic E-state index is -1.16. The van der Waals surface area contributed by atoms with Gasteiger partial charge in [0.25, 0.3) is 5.91 Å². The molecule has 0 aliphatic carbocycles. The molecule has 0 saturated heterocycles. The Morgan fingerprint density at radius 2 is 1.75 bits per heavy atom. The molecule has 0 bridgehead atoms. The van der Waals surface area contributed by atoms with E-state index in [-0.39, 0.29) is 11.3 Å². The summed E-state index contributed by atoms with van der Waals surface area (Å²) < 4.78 is 7.00. The number of rotatable bonds is 7. The van der Waals surface area contributed by atoms with Crippen LogP contribution in [0.4, 0.5) is 10.8 Å². The zero-order valence-corrected chi connectivity index (χ0v) is 19.9. The number of hydrogen-bond donors (Lipinski definition) is 3. The van der Waals surface area contributed by atoms with Crippen molar-refractivity contribution in [3.63, 3.8) is 0 Å². The summed E-state index contributed by atoms with van der Waals surface area (Å²) in [7, 11) is 0. The Labute approximate surface area is 209 Å². The van der Waals surface area contributed by atoms with Crippen molar-refractivity contribution in [1.29, 1.82) is 0 Å². The summed E-state index contributed by atoms with van der Waals surface area (Å²) in [6, 6.07) is 24.7. The monoisotopic (exact) mass is 496 g/mol. The molecule has 0 radical (unpaired) electrons. The van der Waals surface area contributed by atoms with Crippen LogP contribution in [0, 0.1) is 0 Å². The third kappa shape index (κ3) is 4.86. The summed E-state index contributed by atoms with van der Waals surface area (Å²) in [6.45, 7) is 1.80. The van der Waals surface area contributed by atoms with Crippen LogP contribution in [0.1, 0.15) is 33.4 Å². The van der Waals surface area contributed by atoms with E-state index in [2.05, 4.69) is 20.8 Å². The maximum atomic E-state index is 12.5. The van der Waals surface area contributed by atoms with Gasteiger partial charge in [-0.15, -0.1) is 0 Å². The van der Waals surface area contributed by atoms with Gasteiger partial charge in [0.15, 0.2) is 5.76 Å². The molecule has 9 heteroatoms. The summed E-state index contributed by atoms with van der Waals surface area (Å²) in [4.78, 5) is 28.9. The number of aromatic nitrogens is 1. The van der Waals surface area contributed by atoms with Gasteiger partial charge in [0.1, 0.15) is 11.5 Å². The van der Waals surface area contributed by atoms with Crippen LogP contribution < -0.4 is 10.7 Å². The average molecular weight is 497 g/mol. The Hall–Kier alpha value is -4.76. The van der Waals surface area contributed by atoms with E-state index in [1.807, 2.05) is 24.3 Å². The molecular formula is C27H20N4O4S. The zero-order chi connectivity index (χ0) is 25.1. The molecule has 5 rings (SSSR count). The molecule has 0 spiro atoms. The van der Waals surface area contributed by atoms with Crippen LogP contribution in [0.25, 0.3) is 21.5 Å². The number of hydrazone groups is 1. The van der Waals surface area contributed by atoms with Crippen LogP contribution in [-0.4, -0.2) is 27.7 Å². The number of hydrogen-bond acceptors (Lipinski definition) is 7. The Morgan fingerprint density at radius 3 is 2.53 bits per heavy atom. The number of nitrogens with one attached hydrogen (secondary N) is 2. The number of carboxylic acids is 1. The Balaban J connectivity index is 1.34. The molecule has 8 nitrogen and oxygen atoms in total. The van der Waals surface area contributed by atoms with Crippen molar-refractivity contribution in [2.75, 3.05) is 10.7 Å². The molecule has 2 aromatic heterocycles. The van der Waals surface area contributed by atoms with E-state index in [0.717, 1.165) is 10.2 Å². The number of para-hydroxylation sites is 1. The first kappa shape index (κ1) is 23.0. The highest BCUT2D eigenvalue weighted by Gasteiger charge is 2.17. The molecule has 0 saturated carbocycles. The van der Waals surface area contributed by atoms with Gasteiger partial charge < -0.3 is 14.8 Å². The first-order valence-electron chi connectivity index (χ1n) is 11.0. The molecule has 178 valence electrons. The lowest BCUT2D eigenvalue weighted by molar-refractivity contribution is 0.0698. The molecule has 0 fully saturated rings. The SMILES string of the molecule is C/C(=N\Nc1nc2ccccc2s1)c1ccc(-c2ccc(NC(=O)c3ccccc3)c(C(=O)O)c2)o1. The minimum absolute atomic E-state index is 0.0439. The van der Waals surface area contributed by atoms with Gasteiger partial charge in [-0.1, -0.05) is 41.7 Å². The highest BCUT2D eigenvalue weighted by Crippen LogP contribution is 2.28. The van der Waals surface area contributed by atoms with Gasteiger partial charge in [-0.3, -0.25) is 10.2 Å². The standard InChI is InChI=1S/C27H20N4O4S/c1-16(30-31-27-29-21-9-5-6-10-24(21)36-27)22-13-14-23(35-22)18-11-12-20(19(15-18)26(33)34)28-25(32)17-7-3-2-4-8-17/h2-15H,1H3,(H,28,32)(H,29,31)(H,33,34)/b30-16+. The van der Waals surface area contributed by atoms with Gasteiger partial charge in [-0.2, -0.15) is 5.10 Å². The number of carbonyl (C=O) groups is 2. The lowest BCUT2D eigenvalue weighted by atomic mass is 10.1. The number of nitrogens with zero attached hydrogens (tertiary/aromatic N) is 2. The predicted molar refractivity (Wildman–Crippen MR) is 141 cm³/mol. The summed E-state index contributed by atoms with van der Waals surface area (Å²) >= 11 is 1.50. The fourth-order valence-corrected chi connectivity index (χ4v) is 4.37. The zero-order valence-electron chi connectivity index (χ0n) is 19.1. The fraction of sp³-hybridized carbons (Fsp3) is 0.0370. The van der Waals surface area contributed by atoms with Crippen molar-refractivity contribution in [2.45, 2.75) is 6.92 Å². The van der Waals surface area contributed by atoms with Crippen LogP contribution in [0.3, 0.4) is 0 Å². The molecule has 3 N–H and O–H groups in total. The number of carboxylic acid groups (broad SMARTS) is 1. The molecule has 2 heterocycles. The first-order chi connectivity index (χ1) is 17.5. The van der Waals surface area contributed by atoms with Crippen LogP contribution in [-0.2, 0) is 0 Å². The maximum absolute atomic E-state index is 12.5. The van der Waals surface area contributed by atoms with Gasteiger partial charge in [-0.25, -0.2) is 9.78 Å². The third-order valence-corrected chi connectivity index (χ3v) is 6.34. The second-order valence-corrected chi connectivity index (χ2v) is 8.88. The maximum Gasteiger partial charge on any atom is 0.337 e. The second-order valence-electron chi connectivity index (χ2n) is 7.85. The second kappa shape index (κ2) is 9.85. The molecule has 5 aromatic rings. The van der Waals surface area contributed by atoms with E-state index in [1.54, 1.807) is 61.5 Å². The van der Waals surface area contributed by atoms with Gasteiger partial charge in [0.2, 0.25) is 5.13 Å². The van der Waals surface area contributed by atoms with Crippen molar-refractivity contribution in [2.24, 2.45) is 5.10 Å². The van der Waals surface area contributed by atoms with Gasteiger partial charge in [0.05, 0.1) is 21.5 Å². The molecule has 0 aliphatic heterocycles. The topological polar surface area (TPSA) is 117 Å². The van der Waals surface area contributed by atoms with Crippen LogP contribution in [0.2, 0.25) is 0 Å². The highest BCUT2D eigenvalue weighted by molar-refractivity contribution is 7.22. The molecule has 0 atom stereocenters. The van der Waals surface area contributed by atoms with E-state index in [4.69, 9.17) is 4.42 Å². The van der Waals surface area contributed by atoms with Crippen molar-refractivity contribution >= 4 is 50.0 Å². The van der Waals surface area contributed by atoms with Crippen molar-refractivity contribution in [3.8, 4) is 11.3 Å². The molecule has 1 amide bonds. The lowest BCUT2D eigenvalue weighted by Gasteiger charge is -2.10. The van der Waals surface area contributed by atoms with E-state index in [0.29, 0.717) is 33.5 Å². The first-order valence-corrected chi connectivity index (χ1v) is 11.8. The average Bonchev–Trinajstić information content (AvgIpc) is 3.55. The number of carbonyl (C=O) groups excluding carboxylic acids is 1. The van der Waals surface area contributed by atoms with Crippen LogP contribution in [0.15, 0.2) is 94.4 Å². The van der Waals surface area contributed by atoms with Crippen molar-refractivity contribution in [1.82, 2.24) is 4.98 Å². The summed E-state index contributed by atoms with van der Waals surface area (Å²) in [5.41, 5.74) is 5.61. The Morgan fingerprint density at radius 1 is 0.972 bits per heavy atom. The van der Waals surface area contributed by atoms with E-state index in [9.17, 15) is 14.7 Å². The number of aromatic carboxylic acids is 1.